The molecule has 1 aromatic heterocycles. The lowest BCUT2D eigenvalue weighted by atomic mass is 9.92. The number of aliphatic hydroxyl groups is 1. The first-order chi connectivity index (χ1) is 10.3. The molecule has 4 rings (SSSR count). The van der Waals surface area contributed by atoms with E-state index in [0.29, 0.717) is 0 Å². The summed E-state index contributed by atoms with van der Waals surface area (Å²) >= 11 is 0. The summed E-state index contributed by atoms with van der Waals surface area (Å²) in [6.07, 6.45) is 3.30. The van der Waals surface area contributed by atoms with Gasteiger partial charge in [-0.2, -0.15) is 0 Å². The number of rotatable bonds is 2. The van der Waals surface area contributed by atoms with Crippen molar-refractivity contribution >= 4 is 10.9 Å². The maximum Gasteiger partial charge on any atom is 0.0824 e. The van der Waals surface area contributed by atoms with Crippen molar-refractivity contribution in [3.05, 3.63) is 77.5 Å². The molecule has 1 N–H and O–H groups in total. The van der Waals surface area contributed by atoms with Crippen LogP contribution in [0.4, 0.5) is 0 Å². The van der Waals surface area contributed by atoms with Crippen LogP contribution in [-0.4, -0.2) is 10.1 Å². The van der Waals surface area contributed by atoms with E-state index in [1.807, 2.05) is 24.3 Å². The molecule has 0 saturated heterocycles. The zero-order valence-corrected chi connectivity index (χ0v) is 11.7. The molecular formula is C19H17NO. The minimum absolute atomic E-state index is 0.275. The second-order valence-electron chi connectivity index (χ2n) is 5.84. The molecule has 1 aliphatic rings. The van der Waals surface area contributed by atoms with E-state index in [0.717, 1.165) is 29.3 Å². The molecule has 2 nitrogen and oxygen atoms in total. The first kappa shape index (κ1) is 12.5. The molecule has 0 fully saturated rings. The van der Waals surface area contributed by atoms with Gasteiger partial charge < -0.3 is 5.11 Å². The summed E-state index contributed by atoms with van der Waals surface area (Å²) in [5.41, 5.74) is 4.73. The van der Waals surface area contributed by atoms with Crippen LogP contribution < -0.4 is 0 Å². The molecule has 1 heterocycles. The van der Waals surface area contributed by atoms with Gasteiger partial charge in [-0.25, -0.2) is 0 Å². The van der Waals surface area contributed by atoms with Gasteiger partial charge in [-0.05, 0) is 53.6 Å². The fourth-order valence-corrected chi connectivity index (χ4v) is 3.37. The highest BCUT2D eigenvalue weighted by Gasteiger charge is 2.28. The minimum Gasteiger partial charge on any atom is -0.388 e. The lowest BCUT2D eigenvalue weighted by Crippen LogP contribution is -2.12. The number of fused-ring (bicyclic) bond motifs is 2. The molecule has 0 amide bonds. The maximum absolute atomic E-state index is 10.7. The van der Waals surface area contributed by atoms with Crippen LogP contribution in [0.25, 0.3) is 10.9 Å². The number of hydrogen-bond acceptors (Lipinski definition) is 2. The highest BCUT2D eigenvalue weighted by molar-refractivity contribution is 5.79. The molecule has 1 atom stereocenters. The summed E-state index contributed by atoms with van der Waals surface area (Å²) in [5, 5.41) is 11.8. The van der Waals surface area contributed by atoms with Gasteiger partial charge in [0.05, 0.1) is 11.6 Å². The van der Waals surface area contributed by atoms with E-state index in [9.17, 15) is 5.11 Å². The summed E-state index contributed by atoms with van der Waals surface area (Å²) in [6.45, 7) is 0. The Bertz CT molecular complexity index is 771. The zero-order valence-electron chi connectivity index (χ0n) is 11.7. The van der Waals surface area contributed by atoms with E-state index in [-0.39, 0.29) is 5.92 Å². The van der Waals surface area contributed by atoms with Crippen LogP contribution in [0.1, 0.15) is 22.8 Å². The van der Waals surface area contributed by atoms with Gasteiger partial charge in [-0.1, -0.05) is 36.4 Å². The zero-order chi connectivity index (χ0) is 14.2. The quantitative estimate of drug-likeness (QED) is 0.774. The van der Waals surface area contributed by atoms with Crippen molar-refractivity contribution in [3.8, 4) is 0 Å². The van der Waals surface area contributed by atoms with Gasteiger partial charge in [-0.3, -0.25) is 4.98 Å². The molecule has 1 unspecified atom stereocenters. The fraction of sp³-hybridized carbons (Fsp3) is 0.211. The Morgan fingerprint density at radius 1 is 0.952 bits per heavy atom. The van der Waals surface area contributed by atoms with Gasteiger partial charge in [0.15, 0.2) is 0 Å². The largest absolute Gasteiger partial charge is 0.388 e. The second-order valence-corrected chi connectivity index (χ2v) is 5.84. The molecule has 0 saturated carbocycles. The first-order valence-electron chi connectivity index (χ1n) is 7.41. The number of benzene rings is 2. The summed E-state index contributed by atoms with van der Waals surface area (Å²) in [7, 11) is 0. The molecule has 21 heavy (non-hydrogen) atoms. The maximum atomic E-state index is 10.7. The van der Waals surface area contributed by atoms with Crippen LogP contribution in [0, 0.1) is 5.92 Å². The summed E-state index contributed by atoms with van der Waals surface area (Å²) in [5.74, 6) is 0.275. The molecule has 104 valence electrons. The van der Waals surface area contributed by atoms with Crippen molar-refractivity contribution in [1.29, 1.82) is 0 Å². The van der Waals surface area contributed by atoms with Crippen molar-refractivity contribution in [3.63, 3.8) is 0 Å². The molecule has 3 aromatic rings. The third-order valence-corrected chi connectivity index (χ3v) is 4.50. The molecule has 0 radical (unpaired) electrons. The highest BCUT2D eigenvalue weighted by Crippen LogP contribution is 2.35. The fourth-order valence-electron chi connectivity index (χ4n) is 3.37. The minimum atomic E-state index is -0.415. The summed E-state index contributed by atoms with van der Waals surface area (Å²) in [6, 6.07) is 18.5. The monoisotopic (exact) mass is 275 g/mol. The van der Waals surface area contributed by atoms with Gasteiger partial charge in [0.2, 0.25) is 0 Å². The third-order valence-electron chi connectivity index (χ3n) is 4.50. The average Bonchev–Trinajstić information content (AvgIpc) is 2.97. The lowest BCUT2D eigenvalue weighted by Gasteiger charge is -2.18. The molecule has 0 aliphatic heterocycles. The number of pyridine rings is 1. The molecule has 1 aliphatic carbocycles. The smallest absolute Gasteiger partial charge is 0.0824 e. The molecule has 0 bridgehead atoms. The first-order valence-corrected chi connectivity index (χ1v) is 7.41. The van der Waals surface area contributed by atoms with Crippen molar-refractivity contribution in [1.82, 2.24) is 4.98 Å². The molecule has 2 aromatic carbocycles. The van der Waals surface area contributed by atoms with E-state index in [4.69, 9.17) is 0 Å². The average molecular weight is 275 g/mol. The van der Waals surface area contributed by atoms with Crippen molar-refractivity contribution in [2.45, 2.75) is 18.9 Å². The van der Waals surface area contributed by atoms with Gasteiger partial charge in [0.25, 0.3) is 0 Å². The Hall–Kier alpha value is -2.19. The van der Waals surface area contributed by atoms with Crippen molar-refractivity contribution in [2.24, 2.45) is 5.92 Å². The van der Waals surface area contributed by atoms with Crippen molar-refractivity contribution < 1.29 is 5.11 Å². The van der Waals surface area contributed by atoms with E-state index in [2.05, 4.69) is 35.3 Å². The molecular weight excluding hydrogens is 258 g/mol. The normalized spacial score (nSPS) is 16.0. The number of aliphatic hydroxyl groups excluding tert-OH is 1. The Kier molecular flexibility index (Phi) is 2.97. The lowest BCUT2D eigenvalue weighted by molar-refractivity contribution is 0.113. The van der Waals surface area contributed by atoms with Crippen LogP contribution >= 0.6 is 0 Å². The van der Waals surface area contributed by atoms with E-state index >= 15 is 0 Å². The Labute approximate surface area is 124 Å². The van der Waals surface area contributed by atoms with Gasteiger partial charge in [0.1, 0.15) is 0 Å². The number of hydrogen-bond donors (Lipinski definition) is 1. The molecule has 0 spiro atoms. The second kappa shape index (κ2) is 4.97. The van der Waals surface area contributed by atoms with Crippen LogP contribution in [0.3, 0.4) is 0 Å². The molecule has 2 heteroatoms. The van der Waals surface area contributed by atoms with Crippen LogP contribution in [0.5, 0.6) is 0 Å². The highest BCUT2D eigenvalue weighted by atomic mass is 16.3. The topological polar surface area (TPSA) is 33.1 Å². The summed E-state index contributed by atoms with van der Waals surface area (Å²) < 4.78 is 0. The Morgan fingerprint density at radius 3 is 2.48 bits per heavy atom. The van der Waals surface area contributed by atoms with Crippen LogP contribution in [0.2, 0.25) is 0 Å². The summed E-state index contributed by atoms with van der Waals surface area (Å²) in [4.78, 5) is 4.33. The Morgan fingerprint density at radius 2 is 1.71 bits per heavy atom. The van der Waals surface area contributed by atoms with Gasteiger partial charge in [-0.15, -0.1) is 0 Å². The van der Waals surface area contributed by atoms with E-state index < -0.39 is 6.10 Å². The predicted molar refractivity (Wildman–Crippen MR) is 84.0 cm³/mol. The van der Waals surface area contributed by atoms with E-state index in [1.54, 1.807) is 6.20 Å². The number of aromatic nitrogens is 1. The van der Waals surface area contributed by atoms with Crippen LogP contribution in [-0.2, 0) is 12.8 Å². The standard InChI is InChI=1S/C19H17NO/c21-19(17-10-13-4-1-2-5-14(13)11-17)16-7-8-18-15(12-16)6-3-9-20-18/h1-9,12,17,19,21H,10-11H2. The van der Waals surface area contributed by atoms with Crippen LogP contribution in [0.15, 0.2) is 60.8 Å². The Balaban J connectivity index is 1.64. The predicted octanol–water partition coefficient (Wildman–Crippen LogP) is 3.68. The number of nitrogens with zero attached hydrogens (tertiary/aromatic N) is 1. The SMILES string of the molecule is OC(c1ccc2ncccc2c1)C1Cc2ccccc2C1. The third kappa shape index (κ3) is 2.22. The van der Waals surface area contributed by atoms with Gasteiger partial charge >= 0.3 is 0 Å². The van der Waals surface area contributed by atoms with E-state index in [1.165, 1.54) is 11.1 Å². The van der Waals surface area contributed by atoms with Crippen molar-refractivity contribution in [2.75, 3.05) is 0 Å². The van der Waals surface area contributed by atoms with Gasteiger partial charge in [0, 0.05) is 11.6 Å².